The molecule has 0 saturated heterocycles. The maximum atomic E-state index is 11.5. The van der Waals surface area contributed by atoms with Gasteiger partial charge >= 0.3 is 12.0 Å². The molecule has 0 spiro atoms. The van der Waals surface area contributed by atoms with Crippen molar-refractivity contribution in [3.05, 3.63) is 0 Å². The molecule has 0 heterocycles. The molecule has 2 unspecified atom stereocenters. The van der Waals surface area contributed by atoms with Crippen LogP contribution in [0.25, 0.3) is 0 Å². The fourth-order valence-electron chi connectivity index (χ4n) is 1.62. The van der Waals surface area contributed by atoms with Crippen LogP contribution in [0.15, 0.2) is 0 Å². The summed E-state index contributed by atoms with van der Waals surface area (Å²) in [4.78, 5) is 22.0. The van der Waals surface area contributed by atoms with Gasteiger partial charge in [0.15, 0.2) is 0 Å². The fourth-order valence-corrected chi connectivity index (χ4v) is 2.61. The van der Waals surface area contributed by atoms with Crippen molar-refractivity contribution in [1.29, 1.82) is 0 Å². The Morgan fingerprint density at radius 3 is 2.32 bits per heavy atom. The Morgan fingerprint density at radius 2 is 1.89 bits per heavy atom. The molecule has 0 saturated carbocycles. The Morgan fingerprint density at radius 1 is 1.32 bits per heavy atom. The number of hydrogen-bond acceptors (Lipinski definition) is 4. The summed E-state index contributed by atoms with van der Waals surface area (Å²) in [5.41, 5.74) is 0. The summed E-state index contributed by atoms with van der Waals surface area (Å²) < 4.78 is 22.0. The molecule has 112 valence electrons. The van der Waals surface area contributed by atoms with Gasteiger partial charge in [-0.25, -0.2) is 13.2 Å². The summed E-state index contributed by atoms with van der Waals surface area (Å²) in [7, 11) is -3.14. The lowest BCUT2D eigenvalue weighted by Crippen LogP contribution is -2.45. The van der Waals surface area contributed by atoms with E-state index in [4.69, 9.17) is 5.11 Å². The summed E-state index contributed by atoms with van der Waals surface area (Å²) in [6.45, 7) is 3.69. The SMILES string of the molecule is CCC(CNC(=O)NC(C)CS(C)(=O)=O)CC(=O)O. The van der Waals surface area contributed by atoms with Gasteiger partial charge in [0.05, 0.1) is 5.75 Å². The van der Waals surface area contributed by atoms with Crippen molar-refractivity contribution in [3.8, 4) is 0 Å². The van der Waals surface area contributed by atoms with E-state index < -0.39 is 27.9 Å². The third-order valence-electron chi connectivity index (χ3n) is 2.52. The van der Waals surface area contributed by atoms with Gasteiger partial charge in [0, 0.05) is 25.3 Å². The third-order valence-corrected chi connectivity index (χ3v) is 3.63. The predicted octanol–water partition coefficient (Wildman–Crippen LogP) is 0.220. The smallest absolute Gasteiger partial charge is 0.315 e. The van der Waals surface area contributed by atoms with E-state index in [2.05, 4.69) is 10.6 Å². The second kappa shape index (κ2) is 7.98. The highest BCUT2D eigenvalue weighted by Crippen LogP contribution is 2.06. The normalized spacial score (nSPS) is 14.5. The number of nitrogens with one attached hydrogen (secondary N) is 2. The molecule has 2 atom stereocenters. The average Bonchev–Trinajstić information content (AvgIpc) is 2.20. The largest absolute Gasteiger partial charge is 0.481 e. The zero-order chi connectivity index (χ0) is 15.1. The number of urea groups is 1. The van der Waals surface area contributed by atoms with Gasteiger partial charge in [-0.1, -0.05) is 13.3 Å². The first-order valence-electron chi connectivity index (χ1n) is 6.08. The lowest BCUT2D eigenvalue weighted by atomic mass is 10.0. The highest BCUT2D eigenvalue weighted by atomic mass is 32.2. The maximum Gasteiger partial charge on any atom is 0.315 e. The standard InChI is InChI=1S/C11H22N2O5S/c1-4-9(5-10(14)15)6-12-11(16)13-8(2)7-19(3,17)18/h8-9H,4-7H2,1-3H3,(H,14,15)(H2,12,13,16). The van der Waals surface area contributed by atoms with E-state index >= 15 is 0 Å². The number of sulfone groups is 1. The number of carboxylic acid groups (broad SMARTS) is 1. The van der Waals surface area contributed by atoms with Gasteiger partial charge in [0.25, 0.3) is 0 Å². The van der Waals surface area contributed by atoms with E-state index in [1.165, 1.54) is 0 Å². The van der Waals surface area contributed by atoms with Gasteiger partial charge < -0.3 is 15.7 Å². The van der Waals surface area contributed by atoms with Crippen LogP contribution in [0.1, 0.15) is 26.7 Å². The molecule has 7 nitrogen and oxygen atoms in total. The Bertz CT molecular complexity index is 407. The molecule has 0 aromatic heterocycles. The average molecular weight is 294 g/mol. The number of carbonyl (C=O) groups is 2. The van der Waals surface area contributed by atoms with Crippen molar-refractivity contribution in [3.63, 3.8) is 0 Å². The van der Waals surface area contributed by atoms with Gasteiger partial charge in [0.2, 0.25) is 0 Å². The minimum atomic E-state index is -3.14. The second-order valence-electron chi connectivity index (χ2n) is 4.72. The van der Waals surface area contributed by atoms with E-state index in [0.717, 1.165) is 6.26 Å². The molecule has 0 radical (unpaired) electrons. The van der Waals surface area contributed by atoms with Crippen molar-refractivity contribution in [2.24, 2.45) is 5.92 Å². The van der Waals surface area contributed by atoms with Crippen molar-refractivity contribution < 1.29 is 23.1 Å². The predicted molar refractivity (Wildman–Crippen MR) is 71.7 cm³/mol. The zero-order valence-corrected chi connectivity index (χ0v) is 12.3. The highest BCUT2D eigenvalue weighted by Gasteiger charge is 2.15. The molecule has 3 N–H and O–H groups in total. The Labute approximate surface area is 113 Å². The molecular formula is C11H22N2O5S. The second-order valence-corrected chi connectivity index (χ2v) is 6.90. The quantitative estimate of drug-likeness (QED) is 0.593. The molecule has 19 heavy (non-hydrogen) atoms. The van der Waals surface area contributed by atoms with Gasteiger partial charge in [-0.05, 0) is 12.8 Å². The highest BCUT2D eigenvalue weighted by molar-refractivity contribution is 7.90. The summed E-state index contributed by atoms with van der Waals surface area (Å²) in [5.74, 6) is -1.17. The minimum Gasteiger partial charge on any atom is -0.481 e. The molecule has 0 aliphatic heterocycles. The first kappa shape index (κ1) is 17.7. The Kier molecular flexibility index (Phi) is 7.43. The molecule has 0 aromatic rings. The van der Waals surface area contributed by atoms with Crippen LogP contribution in [-0.2, 0) is 14.6 Å². The molecular weight excluding hydrogens is 272 g/mol. The molecule has 0 bridgehead atoms. The molecule has 0 aromatic carbocycles. The Hall–Kier alpha value is -1.31. The van der Waals surface area contributed by atoms with Crippen LogP contribution in [-0.4, -0.2) is 50.1 Å². The number of aliphatic carboxylic acids is 1. The lowest BCUT2D eigenvalue weighted by Gasteiger charge is -2.16. The first-order chi connectivity index (χ1) is 8.64. The lowest BCUT2D eigenvalue weighted by molar-refractivity contribution is -0.138. The fraction of sp³-hybridized carbons (Fsp3) is 0.818. The number of carbonyl (C=O) groups excluding carboxylic acids is 1. The van der Waals surface area contributed by atoms with E-state index in [1.54, 1.807) is 6.92 Å². The van der Waals surface area contributed by atoms with Gasteiger partial charge in [-0.15, -0.1) is 0 Å². The first-order valence-corrected chi connectivity index (χ1v) is 8.14. The summed E-state index contributed by atoms with van der Waals surface area (Å²) in [6, 6.07) is -0.977. The van der Waals surface area contributed by atoms with Gasteiger partial charge in [0.1, 0.15) is 9.84 Å². The Balaban J connectivity index is 4.07. The van der Waals surface area contributed by atoms with Crippen LogP contribution in [0.2, 0.25) is 0 Å². The van der Waals surface area contributed by atoms with E-state index in [1.807, 2.05) is 6.92 Å². The third kappa shape index (κ3) is 10.3. The maximum absolute atomic E-state index is 11.5. The molecule has 0 rings (SSSR count). The van der Waals surface area contributed by atoms with E-state index in [9.17, 15) is 18.0 Å². The summed E-state index contributed by atoms with van der Waals surface area (Å²) >= 11 is 0. The monoisotopic (exact) mass is 294 g/mol. The molecule has 2 amide bonds. The summed E-state index contributed by atoms with van der Waals surface area (Å²) in [6.07, 6.45) is 1.74. The van der Waals surface area contributed by atoms with Crippen LogP contribution in [0.3, 0.4) is 0 Å². The van der Waals surface area contributed by atoms with Crippen molar-refractivity contribution in [1.82, 2.24) is 10.6 Å². The van der Waals surface area contributed by atoms with Crippen LogP contribution in [0.5, 0.6) is 0 Å². The van der Waals surface area contributed by atoms with Crippen molar-refractivity contribution >= 4 is 21.8 Å². The van der Waals surface area contributed by atoms with Gasteiger partial charge in [-0.3, -0.25) is 4.79 Å². The minimum absolute atomic E-state index is 0.00429. The molecule has 0 aliphatic rings. The molecule has 0 fully saturated rings. The number of hydrogen-bond donors (Lipinski definition) is 3. The van der Waals surface area contributed by atoms with Gasteiger partial charge in [-0.2, -0.15) is 0 Å². The number of carboxylic acids is 1. The molecule has 0 aliphatic carbocycles. The zero-order valence-electron chi connectivity index (χ0n) is 11.5. The molecule has 8 heteroatoms. The van der Waals surface area contributed by atoms with Crippen molar-refractivity contribution in [2.45, 2.75) is 32.7 Å². The van der Waals surface area contributed by atoms with Crippen molar-refractivity contribution in [2.75, 3.05) is 18.6 Å². The summed E-state index contributed by atoms with van der Waals surface area (Å²) in [5, 5.41) is 13.7. The number of rotatable bonds is 8. The topological polar surface area (TPSA) is 113 Å². The van der Waals surface area contributed by atoms with Crippen LogP contribution in [0.4, 0.5) is 4.79 Å². The van der Waals surface area contributed by atoms with Crippen LogP contribution in [0, 0.1) is 5.92 Å². The van der Waals surface area contributed by atoms with E-state index in [0.29, 0.717) is 6.42 Å². The van der Waals surface area contributed by atoms with E-state index in [-0.39, 0.29) is 24.6 Å². The van der Waals surface area contributed by atoms with Crippen LogP contribution < -0.4 is 10.6 Å². The van der Waals surface area contributed by atoms with Crippen LogP contribution >= 0.6 is 0 Å². The number of amides is 2.